The summed E-state index contributed by atoms with van der Waals surface area (Å²) in [6.45, 7) is 1.82. The minimum absolute atomic E-state index is 0.0773. The third kappa shape index (κ3) is 2.36. The molecule has 4 heteroatoms. The van der Waals surface area contributed by atoms with Crippen molar-refractivity contribution in [2.75, 3.05) is 6.61 Å². The SMILES string of the molecule is C#CC1(COC(=O)O)CCC(C)O1. The van der Waals surface area contributed by atoms with Gasteiger partial charge in [-0.2, -0.15) is 0 Å². The largest absolute Gasteiger partial charge is 0.505 e. The average Bonchev–Trinajstić information content (AvgIpc) is 2.45. The van der Waals surface area contributed by atoms with E-state index in [-0.39, 0.29) is 12.7 Å². The maximum atomic E-state index is 10.1. The molecule has 13 heavy (non-hydrogen) atoms. The van der Waals surface area contributed by atoms with Crippen LogP contribution in [0.3, 0.4) is 0 Å². The van der Waals surface area contributed by atoms with Crippen molar-refractivity contribution in [1.29, 1.82) is 0 Å². The van der Waals surface area contributed by atoms with Crippen LogP contribution in [0.2, 0.25) is 0 Å². The smallest absolute Gasteiger partial charge is 0.450 e. The standard InChI is InChI=1S/C9H12O4/c1-3-9(6-12-8(10)11)5-4-7(2)13-9/h1,7H,4-6H2,2H3,(H,10,11). The van der Waals surface area contributed by atoms with E-state index in [0.29, 0.717) is 6.42 Å². The first-order valence-electron chi connectivity index (χ1n) is 4.09. The second-order valence-corrected chi connectivity index (χ2v) is 3.16. The van der Waals surface area contributed by atoms with Gasteiger partial charge in [-0.15, -0.1) is 6.42 Å². The van der Waals surface area contributed by atoms with Crippen LogP contribution in [0.1, 0.15) is 19.8 Å². The molecule has 0 saturated carbocycles. The Bertz CT molecular complexity index is 242. The Hall–Kier alpha value is -1.21. The molecular formula is C9H12O4. The van der Waals surface area contributed by atoms with Crippen molar-refractivity contribution < 1.29 is 19.4 Å². The molecule has 0 radical (unpaired) electrons. The van der Waals surface area contributed by atoms with Crippen molar-refractivity contribution >= 4 is 6.16 Å². The predicted molar refractivity (Wildman–Crippen MR) is 45.3 cm³/mol. The van der Waals surface area contributed by atoms with Crippen LogP contribution in [0.25, 0.3) is 0 Å². The molecule has 0 aliphatic carbocycles. The monoisotopic (exact) mass is 184 g/mol. The molecule has 2 atom stereocenters. The van der Waals surface area contributed by atoms with E-state index in [2.05, 4.69) is 10.7 Å². The number of carbonyl (C=O) groups is 1. The number of carboxylic acid groups (broad SMARTS) is 1. The summed E-state index contributed by atoms with van der Waals surface area (Å²) in [5.74, 6) is 2.45. The molecule has 1 rings (SSSR count). The van der Waals surface area contributed by atoms with Gasteiger partial charge in [0, 0.05) is 0 Å². The molecule has 72 valence electrons. The highest BCUT2D eigenvalue weighted by Crippen LogP contribution is 2.29. The van der Waals surface area contributed by atoms with E-state index in [4.69, 9.17) is 16.3 Å². The molecule has 2 unspecified atom stereocenters. The van der Waals surface area contributed by atoms with Crippen molar-refractivity contribution in [2.24, 2.45) is 0 Å². The first-order chi connectivity index (χ1) is 6.08. The average molecular weight is 184 g/mol. The second-order valence-electron chi connectivity index (χ2n) is 3.16. The third-order valence-electron chi connectivity index (χ3n) is 2.07. The highest BCUT2D eigenvalue weighted by molar-refractivity contribution is 5.56. The van der Waals surface area contributed by atoms with Crippen LogP contribution in [0.5, 0.6) is 0 Å². The Labute approximate surface area is 76.8 Å². The third-order valence-corrected chi connectivity index (χ3v) is 2.07. The van der Waals surface area contributed by atoms with E-state index < -0.39 is 11.8 Å². The lowest BCUT2D eigenvalue weighted by molar-refractivity contribution is -0.0407. The molecule has 1 heterocycles. The number of rotatable bonds is 2. The quantitative estimate of drug-likeness (QED) is 0.518. The Morgan fingerprint density at radius 2 is 2.62 bits per heavy atom. The van der Waals surface area contributed by atoms with Crippen molar-refractivity contribution in [1.82, 2.24) is 0 Å². The summed E-state index contributed by atoms with van der Waals surface area (Å²) in [5.41, 5.74) is -0.836. The molecule has 4 nitrogen and oxygen atoms in total. The van der Waals surface area contributed by atoms with Gasteiger partial charge in [0.05, 0.1) is 6.10 Å². The van der Waals surface area contributed by atoms with Gasteiger partial charge in [0.15, 0.2) is 5.60 Å². The minimum atomic E-state index is -1.32. The fraction of sp³-hybridized carbons (Fsp3) is 0.667. The van der Waals surface area contributed by atoms with Crippen LogP contribution in [0.4, 0.5) is 4.79 Å². The summed E-state index contributed by atoms with van der Waals surface area (Å²) in [4.78, 5) is 10.1. The molecule has 0 amide bonds. The van der Waals surface area contributed by atoms with Gasteiger partial charge < -0.3 is 14.6 Å². The normalized spacial score (nSPS) is 32.5. The first-order valence-corrected chi connectivity index (χ1v) is 4.09. The van der Waals surface area contributed by atoms with Crippen LogP contribution in [0.15, 0.2) is 0 Å². The van der Waals surface area contributed by atoms with Crippen molar-refractivity contribution in [3.8, 4) is 12.3 Å². The van der Waals surface area contributed by atoms with Crippen molar-refractivity contribution in [3.63, 3.8) is 0 Å². The summed E-state index contributed by atoms with van der Waals surface area (Å²) in [6, 6.07) is 0. The van der Waals surface area contributed by atoms with Gasteiger partial charge in [-0.25, -0.2) is 4.79 Å². The first kappa shape index (κ1) is 9.87. The van der Waals surface area contributed by atoms with Crippen molar-refractivity contribution in [2.45, 2.75) is 31.5 Å². The van der Waals surface area contributed by atoms with Gasteiger partial charge in [-0.3, -0.25) is 0 Å². The fourth-order valence-corrected chi connectivity index (χ4v) is 1.37. The Morgan fingerprint density at radius 3 is 3.00 bits per heavy atom. The maximum Gasteiger partial charge on any atom is 0.505 e. The Morgan fingerprint density at radius 1 is 1.92 bits per heavy atom. The second kappa shape index (κ2) is 3.67. The molecule has 0 spiro atoms. The molecule has 1 N–H and O–H groups in total. The lowest BCUT2D eigenvalue weighted by Gasteiger charge is -2.21. The summed E-state index contributed by atoms with van der Waals surface area (Å²) >= 11 is 0. The molecule has 0 aromatic carbocycles. The summed E-state index contributed by atoms with van der Waals surface area (Å²) in [7, 11) is 0. The fourth-order valence-electron chi connectivity index (χ4n) is 1.37. The number of hydrogen-bond acceptors (Lipinski definition) is 3. The van der Waals surface area contributed by atoms with Crippen molar-refractivity contribution in [3.05, 3.63) is 0 Å². The lowest BCUT2D eigenvalue weighted by atomic mass is 10.0. The Kier molecular flexibility index (Phi) is 2.79. The number of ether oxygens (including phenoxy) is 2. The van der Waals surface area contributed by atoms with Crippen LogP contribution >= 0.6 is 0 Å². The Balaban J connectivity index is 2.52. The zero-order chi connectivity index (χ0) is 9.90. The van der Waals surface area contributed by atoms with E-state index >= 15 is 0 Å². The summed E-state index contributed by atoms with van der Waals surface area (Å²) < 4.78 is 9.84. The predicted octanol–water partition coefficient (Wildman–Crippen LogP) is 1.25. The highest BCUT2D eigenvalue weighted by atomic mass is 16.7. The van der Waals surface area contributed by atoms with Gasteiger partial charge in [0.25, 0.3) is 0 Å². The molecule has 0 bridgehead atoms. The topological polar surface area (TPSA) is 55.8 Å². The molecule has 1 saturated heterocycles. The van der Waals surface area contributed by atoms with Gasteiger partial charge in [-0.05, 0) is 19.8 Å². The maximum absolute atomic E-state index is 10.1. The lowest BCUT2D eigenvalue weighted by Crippen LogP contribution is -2.33. The summed E-state index contributed by atoms with van der Waals surface area (Å²) in [5, 5.41) is 8.30. The van der Waals surface area contributed by atoms with E-state index in [1.165, 1.54) is 0 Å². The zero-order valence-corrected chi connectivity index (χ0v) is 7.45. The van der Waals surface area contributed by atoms with E-state index in [1.807, 2.05) is 6.92 Å². The summed E-state index contributed by atoms with van der Waals surface area (Å²) in [6.07, 6.45) is 5.52. The van der Waals surface area contributed by atoms with Crippen LogP contribution in [0, 0.1) is 12.3 Å². The molecule has 1 aliphatic heterocycles. The van der Waals surface area contributed by atoms with E-state index in [9.17, 15) is 4.79 Å². The highest BCUT2D eigenvalue weighted by Gasteiger charge is 2.38. The molecule has 0 aromatic rings. The molecule has 1 fully saturated rings. The van der Waals surface area contributed by atoms with Gasteiger partial charge >= 0.3 is 6.16 Å². The zero-order valence-electron chi connectivity index (χ0n) is 7.45. The molecule has 1 aliphatic rings. The van der Waals surface area contributed by atoms with E-state index in [1.54, 1.807) is 0 Å². The van der Waals surface area contributed by atoms with Gasteiger partial charge in [0.2, 0.25) is 0 Å². The molecular weight excluding hydrogens is 172 g/mol. The number of hydrogen-bond donors (Lipinski definition) is 1. The van der Waals surface area contributed by atoms with Crippen LogP contribution in [-0.4, -0.2) is 29.6 Å². The van der Waals surface area contributed by atoms with Gasteiger partial charge in [0.1, 0.15) is 6.61 Å². The van der Waals surface area contributed by atoms with E-state index in [0.717, 1.165) is 6.42 Å². The van der Waals surface area contributed by atoms with Crippen LogP contribution in [-0.2, 0) is 9.47 Å². The number of terminal acetylenes is 1. The minimum Gasteiger partial charge on any atom is -0.450 e. The van der Waals surface area contributed by atoms with Gasteiger partial charge in [-0.1, -0.05) is 5.92 Å². The van der Waals surface area contributed by atoms with Crippen LogP contribution < -0.4 is 0 Å². The molecule has 0 aromatic heterocycles.